The van der Waals surface area contributed by atoms with Crippen LogP contribution in [0.1, 0.15) is 18.3 Å². The number of hydrogen-bond acceptors (Lipinski definition) is 2. The molecule has 0 saturated carbocycles. The number of hydrogen-bond donors (Lipinski definition) is 1. The van der Waals surface area contributed by atoms with Crippen molar-refractivity contribution in [2.75, 3.05) is 0 Å². The quantitative estimate of drug-likeness (QED) is 0.840. The van der Waals surface area contributed by atoms with Crippen LogP contribution in [-0.2, 0) is 6.18 Å². The predicted octanol–water partition coefficient (Wildman–Crippen LogP) is 4.20. The molecule has 0 amide bonds. The topological polar surface area (TPSA) is 41.0 Å². The van der Waals surface area contributed by atoms with Gasteiger partial charge in [-0.25, -0.2) is 4.98 Å². The van der Waals surface area contributed by atoms with Gasteiger partial charge in [0.05, 0.1) is 16.6 Å². The van der Waals surface area contributed by atoms with Gasteiger partial charge in [-0.1, -0.05) is 12.7 Å². The van der Waals surface area contributed by atoms with Gasteiger partial charge >= 0.3 is 6.18 Å². The number of rotatable bonds is 3. The van der Waals surface area contributed by atoms with Gasteiger partial charge in [-0.15, -0.1) is 0 Å². The molecule has 0 unspecified atom stereocenters. The molecule has 0 aliphatic carbocycles. The van der Waals surface area contributed by atoms with Crippen LogP contribution in [0.3, 0.4) is 0 Å². The Morgan fingerprint density at radius 3 is 2.80 bits per heavy atom. The first kappa shape index (κ1) is 14.0. The van der Waals surface area contributed by atoms with Crippen LogP contribution < -0.4 is 0 Å². The van der Waals surface area contributed by atoms with Crippen LogP contribution in [0.2, 0.25) is 0 Å². The maximum absolute atomic E-state index is 12.6. The molecule has 0 radical (unpaired) electrons. The molecule has 0 fully saturated rings. The number of benzene rings is 1. The van der Waals surface area contributed by atoms with Gasteiger partial charge in [0.2, 0.25) is 0 Å². The monoisotopic (exact) mass is 279 g/mol. The predicted molar refractivity (Wildman–Crippen MR) is 73.4 cm³/mol. The second-order valence-electron chi connectivity index (χ2n) is 4.10. The van der Waals surface area contributed by atoms with Crippen LogP contribution in [0.15, 0.2) is 42.0 Å². The van der Waals surface area contributed by atoms with Gasteiger partial charge < -0.3 is 4.98 Å². The van der Waals surface area contributed by atoms with Gasteiger partial charge in [-0.05, 0) is 25.1 Å². The van der Waals surface area contributed by atoms with Crippen molar-refractivity contribution < 1.29 is 13.2 Å². The number of nitrogens with zero attached hydrogens (tertiary/aromatic N) is 2. The standard InChI is InChI=1S/C14H12F3N3/c1-3-6-18-8-9(2)13-19-11-5-4-10(14(15,16)17)7-12(11)20-13/h3-8H,2H2,1H3,(H,19,20)/b6-3-,18-8?. The van der Waals surface area contributed by atoms with Crippen molar-refractivity contribution in [3.63, 3.8) is 0 Å². The fourth-order valence-corrected chi connectivity index (χ4v) is 1.62. The first-order valence-electron chi connectivity index (χ1n) is 5.82. The highest BCUT2D eigenvalue weighted by atomic mass is 19.4. The molecule has 0 aliphatic rings. The Morgan fingerprint density at radius 2 is 2.15 bits per heavy atom. The third kappa shape index (κ3) is 2.96. The smallest absolute Gasteiger partial charge is 0.338 e. The Bertz CT molecular complexity index is 693. The van der Waals surface area contributed by atoms with Crippen molar-refractivity contribution in [2.24, 2.45) is 4.99 Å². The van der Waals surface area contributed by atoms with E-state index in [-0.39, 0.29) is 0 Å². The second kappa shape index (κ2) is 5.32. The minimum atomic E-state index is -4.37. The molecule has 1 aromatic carbocycles. The van der Waals surface area contributed by atoms with E-state index < -0.39 is 11.7 Å². The van der Waals surface area contributed by atoms with E-state index in [9.17, 15) is 13.2 Å². The summed E-state index contributed by atoms with van der Waals surface area (Å²) in [5, 5.41) is 0. The van der Waals surface area contributed by atoms with Gasteiger partial charge in [0.25, 0.3) is 0 Å². The number of aromatic nitrogens is 2. The van der Waals surface area contributed by atoms with E-state index in [2.05, 4.69) is 21.5 Å². The summed E-state index contributed by atoms with van der Waals surface area (Å²) < 4.78 is 37.8. The molecule has 20 heavy (non-hydrogen) atoms. The number of imidazole rings is 1. The highest BCUT2D eigenvalue weighted by Gasteiger charge is 2.30. The lowest BCUT2D eigenvalue weighted by atomic mass is 10.2. The SMILES string of the molecule is C=C(C=N/C=C\C)c1nc2ccc(C(F)(F)F)cc2[nH]1. The summed E-state index contributed by atoms with van der Waals surface area (Å²) in [6, 6.07) is 3.36. The summed E-state index contributed by atoms with van der Waals surface area (Å²) in [6.45, 7) is 5.58. The van der Waals surface area contributed by atoms with Crippen LogP contribution in [0, 0.1) is 0 Å². The Balaban J connectivity index is 2.37. The molecule has 1 heterocycles. The molecule has 2 aromatic rings. The zero-order chi connectivity index (χ0) is 14.8. The maximum atomic E-state index is 12.6. The van der Waals surface area contributed by atoms with E-state index in [1.165, 1.54) is 12.3 Å². The average molecular weight is 279 g/mol. The van der Waals surface area contributed by atoms with Gasteiger partial charge in [0.15, 0.2) is 0 Å². The summed E-state index contributed by atoms with van der Waals surface area (Å²) >= 11 is 0. The minimum absolute atomic E-state index is 0.315. The van der Waals surface area contributed by atoms with Gasteiger partial charge in [-0.3, -0.25) is 4.99 Å². The van der Waals surface area contributed by atoms with E-state index in [1.807, 2.05) is 6.92 Å². The number of alkyl halides is 3. The average Bonchev–Trinajstić information content (AvgIpc) is 2.80. The van der Waals surface area contributed by atoms with Crippen molar-refractivity contribution >= 4 is 22.8 Å². The molecule has 0 bridgehead atoms. The summed E-state index contributed by atoms with van der Waals surface area (Å²) in [5.74, 6) is 0.396. The van der Waals surface area contributed by atoms with E-state index in [0.29, 0.717) is 22.4 Å². The molecule has 2 rings (SSSR count). The van der Waals surface area contributed by atoms with Crippen molar-refractivity contribution in [3.8, 4) is 0 Å². The molecule has 0 aliphatic heterocycles. The van der Waals surface area contributed by atoms with Gasteiger partial charge in [0, 0.05) is 18.0 Å². The maximum Gasteiger partial charge on any atom is 0.416 e. The van der Waals surface area contributed by atoms with E-state index in [1.54, 1.807) is 12.3 Å². The number of fused-ring (bicyclic) bond motifs is 1. The Labute approximate surface area is 113 Å². The third-order valence-corrected chi connectivity index (χ3v) is 2.58. The summed E-state index contributed by atoms with van der Waals surface area (Å²) in [6.07, 6.45) is 0.444. The molecule has 3 nitrogen and oxygen atoms in total. The van der Waals surface area contributed by atoms with E-state index >= 15 is 0 Å². The Hall–Kier alpha value is -2.37. The van der Waals surface area contributed by atoms with Crippen molar-refractivity contribution in [3.05, 3.63) is 48.4 Å². The molecule has 1 N–H and O–H groups in total. The van der Waals surface area contributed by atoms with Crippen LogP contribution in [0.25, 0.3) is 16.6 Å². The van der Waals surface area contributed by atoms with Crippen LogP contribution >= 0.6 is 0 Å². The summed E-state index contributed by atoms with van der Waals surface area (Å²) in [7, 11) is 0. The van der Waals surface area contributed by atoms with Crippen LogP contribution in [0.4, 0.5) is 13.2 Å². The van der Waals surface area contributed by atoms with Gasteiger partial charge in [0.1, 0.15) is 5.82 Å². The lowest BCUT2D eigenvalue weighted by molar-refractivity contribution is -0.137. The Morgan fingerprint density at radius 1 is 1.40 bits per heavy atom. The molecule has 104 valence electrons. The first-order valence-corrected chi connectivity index (χ1v) is 5.82. The van der Waals surface area contributed by atoms with Crippen molar-refractivity contribution in [2.45, 2.75) is 13.1 Å². The summed E-state index contributed by atoms with van der Waals surface area (Å²) in [4.78, 5) is 10.9. The highest BCUT2D eigenvalue weighted by molar-refractivity contribution is 6.08. The molecule has 1 aromatic heterocycles. The summed E-state index contributed by atoms with van der Waals surface area (Å²) in [5.41, 5.74) is 0.547. The number of halogens is 3. The van der Waals surface area contributed by atoms with Crippen LogP contribution in [-0.4, -0.2) is 16.2 Å². The zero-order valence-electron chi connectivity index (χ0n) is 10.7. The molecule has 6 heteroatoms. The largest absolute Gasteiger partial charge is 0.416 e. The number of aromatic amines is 1. The fraction of sp³-hybridized carbons (Fsp3) is 0.143. The third-order valence-electron chi connectivity index (χ3n) is 2.58. The minimum Gasteiger partial charge on any atom is -0.338 e. The molecular formula is C14H12F3N3. The van der Waals surface area contributed by atoms with E-state index in [4.69, 9.17) is 0 Å². The van der Waals surface area contributed by atoms with Crippen molar-refractivity contribution in [1.82, 2.24) is 9.97 Å². The number of H-pyrrole nitrogens is 1. The lowest BCUT2D eigenvalue weighted by Crippen LogP contribution is -2.04. The molecular weight excluding hydrogens is 267 g/mol. The molecule has 0 spiro atoms. The Kier molecular flexibility index (Phi) is 3.74. The molecule has 0 saturated heterocycles. The zero-order valence-corrected chi connectivity index (χ0v) is 10.7. The number of nitrogens with one attached hydrogen (secondary N) is 1. The second-order valence-corrected chi connectivity index (χ2v) is 4.10. The number of allylic oxidation sites excluding steroid dienone is 2. The van der Waals surface area contributed by atoms with Crippen LogP contribution in [0.5, 0.6) is 0 Å². The van der Waals surface area contributed by atoms with E-state index in [0.717, 1.165) is 12.1 Å². The fourth-order valence-electron chi connectivity index (χ4n) is 1.62. The lowest BCUT2D eigenvalue weighted by Gasteiger charge is -2.05. The van der Waals surface area contributed by atoms with Crippen molar-refractivity contribution in [1.29, 1.82) is 0 Å². The first-order chi connectivity index (χ1) is 9.41. The molecule has 0 atom stereocenters. The number of aliphatic imine (C=N–C) groups is 1. The van der Waals surface area contributed by atoms with Gasteiger partial charge in [-0.2, -0.15) is 13.2 Å². The highest BCUT2D eigenvalue weighted by Crippen LogP contribution is 2.31. The normalized spacial score (nSPS) is 12.8.